The third kappa shape index (κ3) is 3.43. The van der Waals surface area contributed by atoms with E-state index in [2.05, 4.69) is 46.5 Å². The Kier molecular flexibility index (Phi) is 4.52. The highest BCUT2D eigenvalue weighted by Gasteiger charge is 2.27. The molecule has 2 N–H and O–H groups in total. The number of anilines is 1. The van der Waals surface area contributed by atoms with E-state index in [-0.39, 0.29) is 5.56 Å². The highest BCUT2D eigenvalue weighted by Crippen LogP contribution is 2.31. The zero-order valence-corrected chi connectivity index (χ0v) is 12.6. The average Bonchev–Trinajstić information content (AvgIpc) is 2.40. The van der Waals surface area contributed by atoms with Gasteiger partial charge in [0, 0.05) is 11.6 Å². The van der Waals surface area contributed by atoms with E-state index < -0.39 is 0 Å². The first-order chi connectivity index (χ1) is 9.47. The third-order valence-electron chi connectivity index (χ3n) is 3.93. The molecule has 0 amide bonds. The van der Waals surface area contributed by atoms with E-state index in [1.54, 1.807) is 6.92 Å². The molecule has 0 aliphatic heterocycles. The molecule has 1 heterocycles. The maximum Gasteiger partial charge on any atom is 0.274 e. The predicted octanol–water partition coefficient (Wildman–Crippen LogP) is 2.33. The highest BCUT2D eigenvalue weighted by atomic mass is 16.1. The Bertz CT molecular complexity index is 549. The topological polar surface area (TPSA) is 83.0 Å². The van der Waals surface area contributed by atoms with E-state index in [1.165, 1.54) is 18.6 Å². The lowest BCUT2D eigenvalue weighted by atomic mass is 9.76. The van der Waals surface area contributed by atoms with Gasteiger partial charge in [-0.25, -0.2) is 5.43 Å². The molecule has 6 nitrogen and oxygen atoms in total. The molecule has 0 spiro atoms. The molecule has 1 aliphatic carbocycles. The molecular formula is C14H23N5O. The number of nitrogens with one attached hydrogen (secondary N) is 2. The Hall–Kier alpha value is -1.72. The largest absolute Gasteiger partial charge is 0.288 e. The first-order valence-electron chi connectivity index (χ1n) is 7.23. The van der Waals surface area contributed by atoms with Crippen molar-refractivity contribution in [2.45, 2.75) is 47.0 Å². The monoisotopic (exact) mass is 277 g/mol. The second kappa shape index (κ2) is 6.15. The van der Waals surface area contributed by atoms with Crippen LogP contribution in [0.2, 0.25) is 0 Å². The summed E-state index contributed by atoms with van der Waals surface area (Å²) in [5.74, 6) is 2.04. The van der Waals surface area contributed by atoms with Gasteiger partial charge in [-0.3, -0.25) is 9.78 Å². The lowest BCUT2D eigenvalue weighted by Gasteiger charge is -2.30. The summed E-state index contributed by atoms with van der Waals surface area (Å²) < 4.78 is 0. The molecule has 6 heteroatoms. The van der Waals surface area contributed by atoms with E-state index in [0.717, 1.165) is 6.42 Å². The summed E-state index contributed by atoms with van der Waals surface area (Å²) in [5, 5.41) is 12.1. The molecule has 0 saturated heterocycles. The van der Waals surface area contributed by atoms with Gasteiger partial charge in [0.2, 0.25) is 5.95 Å². The van der Waals surface area contributed by atoms with Crippen LogP contribution >= 0.6 is 0 Å². The molecule has 2 atom stereocenters. The molecule has 0 bridgehead atoms. The van der Waals surface area contributed by atoms with Crippen molar-refractivity contribution in [3.8, 4) is 0 Å². The average molecular weight is 277 g/mol. The number of aromatic amines is 1. The molecule has 110 valence electrons. The highest BCUT2D eigenvalue weighted by molar-refractivity contribution is 5.88. The summed E-state index contributed by atoms with van der Waals surface area (Å²) >= 11 is 0. The van der Waals surface area contributed by atoms with Crippen molar-refractivity contribution in [3.63, 3.8) is 0 Å². The van der Waals surface area contributed by atoms with Gasteiger partial charge >= 0.3 is 0 Å². The van der Waals surface area contributed by atoms with Crippen LogP contribution in [0.25, 0.3) is 0 Å². The summed E-state index contributed by atoms with van der Waals surface area (Å²) in [6, 6.07) is 0. The fourth-order valence-corrected chi connectivity index (χ4v) is 2.66. The number of nitrogens with zero attached hydrogens (tertiary/aromatic N) is 3. The maximum atomic E-state index is 11.5. The van der Waals surface area contributed by atoms with Gasteiger partial charge in [0.25, 0.3) is 5.56 Å². The van der Waals surface area contributed by atoms with Gasteiger partial charge in [-0.15, -0.1) is 10.2 Å². The van der Waals surface area contributed by atoms with Gasteiger partial charge in [0.1, 0.15) is 5.69 Å². The standard InChI is InChI=1S/C14H23N5O/c1-8(2)11-6-5-9(3)7-12(11)17-19-14-15-13(20)10(4)16-18-14/h8-9,11H,5-7H2,1-4H3,(H2,15,18,19,20)/b17-12-/t9-,11-/m0/s1. The van der Waals surface area contributed by atoms with E-state index in [0.29, 0.717) is 29.4 Å². The predicted molar refractivity (Wildman–Crippen MR) is 79.8 cm³/mol. The molecule has 0 unspecified atom stereocenters. The Balaban J connectivity index is 2.14. The Labute approximate surface area is 119 Å². The van der Waals surface area contributed by atoms with Crippen LogP contribution in [0.4, 0.5) is 5.95 Å². The van der Waals surface area contributed by atoms with Crippen molar-refractivity contribution in [1.82, 2.24) is 15.2 Å². The minimum absolute atomic E-state index is 0.236. The van der Waals surface area contributed by atoms with Crippen molar-refractivity contribution in [2.75, 3.05) is 5.43 Å². The summed E-state index contributed by atoms with van der Waals surface area (Å²) in [6.07, 6.45) is 3.43. The van der Waals surface area contributed by atoms with Crippen LogP contribution in [0, 0.1) is 24.7 Å². The molecule has 0 aromatic carbocycles. The van der Waals surface area contributed by atoms with E-state index in [1.807, 2.05) is 0 Å². The minimum atomic E-state index is -0.236. The molecule has 0 radical (unpaired) electrons. The minimum Gasteiger partial charge on any atom is -0.288 e. The maximum absolute atomic E-state index is 11.5. The summed E-state index contributed by atoms with van der Waals surface area (Å²) in [6.45, 7) is 8.33. The van der Waals surface area contributed by atoms with Crippen LogP contribution in [0.1, 0.15) is 45.7 Å². The second-order valence-corrected chi connectivity index (χ2v) is 6.04. The zero-order valence-electron chi connectivity index (χ0n) is 12.6. The van der Waals surface area contributed by atoms with E-state index >= 15 is 0 Å². The SMILES string of the molecule is Cc1nnc(N/N=C2/C[C@@H](C)CC[C@H]2C(C)C)[nH]c1=O. The molecule has 1 aliphatic rings. The zero-order chi connectivity index (χ0) is 14.7. The Morgan fingerprint density at radius 3 is 2.75 bits per heavy atom. The number of hydrogen-bond acceptors (Lipinski definition) is 5. The van der Waals surface area contributed by atoms with Crippen LogP contribution in [0.3, 0.4) is 0 Å². The van der Waals surface area contributed by atoms with Crippen LogP contribution in [0.15, 0.2) is 9.90 Å². The molecule has 2 rings (SSSR count). The van der Waals surface area contributed by atoms with Gasteiger partial charge in [0.05, 0.1) is 0 Å². The fraction of sp³-hybridized carbons (Fsp3) is 0.714. The van der Waals surface area contributed by atoms with Crippen molar-refractivity contribution < 1.29 is 0 Å². The van der Waals surface area contributed by atoms with Crippen LogP contribution in [-0.4, -0.2) is 20.9 Å². The molecule has 1 aromatic heterocycles. The molecule has 20 heavy (non-hydrogen) atoms. The molecule has 1 fully saturated rings. The Morgan fingerprint density at radius 2 is 2.10 bits per heavy atom. The Morgan fingerprint density at radius 1 is 1.35 bits per heavy atom. The number of hydrazone groups is 1. The summed E-state index contributed by atoms with van der Waals surface area (Å²) in [7, 11) is 0. The number of aryl methyl sites for hydroxylation is 1. The number of rotatable bonds is 3. The molecule has 1 aromatic rings. The summed E-state index contributed by atoms with van der Waals surface area (Å²) in [5.41, 5.74) is 4.14. The van der Waals surface area contributed by atoms with Crippen molar-refractivity contribution in [3.05, 3.63) is 16.0 Å². The van der Waals surface area contributed by atoms with Crippen LogP contribution in [-0.2, 0) is 0 Å². The van der Waals surface area contributed by atoms with Gasteiger partial charge in [-0.2, -0.15) is 5.10 Å². The quantitative estimate of drug-likeness (QED) is 0.831. The lowest BCUT2D eigenvalue weighted by Crippen LogP contribution is -2.28. The number of hydrogen-bond donors (Lipinski definition) is 2. The van der Waals surface area contributed by atoms with Gasteiger partial charge in [-0.1, -0.05) is 20.8 Å². The third-order valence-corrected chi connectivity index (χ3v) is 3.93. The smallest absolute Gasteiger partial charge is 0.274 e. The van der Waals surface area contributed by atoms with E-state index in [9.17, 15) is 4.79 Å². The van der Waals surface area contributed by atoms with E-state index in [4.69, 9.17) is 0 Å². The van der Waals surface area contributed by atoms with Gasteiger partial charge in [0.15, 0.2) is 0 Å². The van der Waals surface area contributed by atoms with Crippen molar-refractivity contribution in [2.24, 2.45) is 22.9 Å². The fourth-order valence-electron chi connectivity index (χ4n) is 2.66. The first kappa shape index (κ1) is 14.7. The van der Waals surface area contributed by atoms with Gasteiger partial charge < -0.3 is 0 Å². The van der Waals surface area contributed by atoms with Crippen LogP contribution in [0.5, 0.6) is 0 Å². The second-order valence-electron chi connectivity index (χ2n) is 6.04. The molecular weight excluding hydrogens is 254 g/mol. The van der Waals surface area contributed by atoms with Crippen molar-refractivity contribution >= 4 is 11.7 Å². The number of H-pyrrole nitrogens is 1. The number of aromatic nitrogens is 3. The summed E-state index contributed by atoms with van der Waals surface area (Å²) in [4.78, 5) is 14.1. The molecule has 1 saturated carbocycles. The normalized spacial score (nSPS) is 25.1. The van der Waals surface area contributed by atoms with Crippen molar-refractivity contribution in [1.29, 1.82) is 0 Å². The van der Waals surface area contributed by atoms with Crippen LogP contribution < -0.4 is 11.0 Å². The lowest BCUT2D eigenvalue weighted by molar-refractivity contribution is 0.364. The first-order valence-corrected chi connectivity index (χ1v) is 7.23. The van der Waals surface area contributed by atoms with Gasteiger partial charge in [-0.05, 0) is 38.0 Å².